The Morgan fingerprint density at radius 3 is 2.35 bits per heavy atom. The van der Waals surface area contributed by atoms with Crippen LogP contribution in [0.3, 0.4) is 0 Å². The number of aryl methyl sites for hydroxylation is 1. The summed E-state index contributed by atoms with van der Waals surface area (Å²) in [6.45, 7) is 9.00. The zero-order chi connectivity index (χ0) is 18.2. The molecule has 1 heterocycles. The van der Waals surface area contributed by atoms with Crippen molar-refractivity contribution in [2.24, 2.45) is 0 Å². The van der Waals surface area contributed by atoms with Crippen molar-refractivity contribution in [3.8, 4) is 0 Å². The fourth-order valence-corrected chi connectivity index (χ4v) is 3.70. The Bertz CT molecular complexity index is 694. The largest absolute Gasteiger partial charge is 0.351 e. The molecule has 0 unspecified atom stereocenters. The molecule has 0 radical (unpaired) electrons. The minimum atomic E-state index is 0.179. The summed E-state index contributed by atoms with van der Waals surface area (Å²) in [5, 5.41) is 3.07. The van der Waals surface area contributed by atoms with Crippen molar-refractivity contribution in [3.63, 3.8) is 0 Å². The molecule has 0 saturated carbocycles. The predicted molar refractivity (Wildman–Crippen MR) is 104 cm³/mol. The average Bonchev–Trinajstić information content (AvgIpc) is 2.64. The molecule has 2 aromatic carbocycles. The molecule has 0 bridgehead atoms. The number of hydrogen-bond donors (Lipinski definition) is 3. The van der Waals surface area contributed by atoms with E-state index in [1.165, 1.54) is 21.6 Å². The van der Waals surface area contributed by atoms with Crippen LogP contribution in [0.25, 0.3) is 0 Å². The number of rotatable bonds is 7. The van der Waals surface area contributed by atoms with Crippen molar-refractivity contribution in [1.82, 2.24) is 5.32 Å². The van der Waals surface area contributed by atoms with E-state index in [0.29, 0.717) is 6.54 Å². The molecule has 26 heavy (non-hydrogen) atoms. The second-order valence-electron chi connectivity index (χ2n) is 7.43. The van der Waals surface area contributed by atoms with Gasteiger partial charge in [0.1, 0.15) is 32.7 Å². The van der Waals surface area contributed by atoms with E-state index >= 15 is 0 Å². The lowest BCUT2D eigenvalue weighted by Crippen LogP contribution is -3.28. The highest BCUT2D eigenvalue weighted by atomic mass is 16.2. The van der Waals surface area contributed by atoms with Gasteiger partial charge in [0.15, 0.2) is 6.54 Å². The molecule has 1 saturated heterocycles. The number of carbonyl (C=O) groups excluding carboxylic acids is 1. The normalized spacial score (nSPS) is 19.9. The first-order valence-corrected chi connectivity index (χ1v) is 9.72. The third-order valence-electron chi connectivity index (χ3n) is 5.19. The highest BCUT2D eigenvalue weighted by Gasteiger charge is 2.24. The van der Waals surface area contributed by atoms with Crippen LogP contribution in [-0.4, -0.2) is 45.2 Å². The van der Waals surface area contributed by atoms with Gasteiger partial charge in [-0.05, 0) is 18.9 Å². The number of nitrogens with one attached hydrogen (secondary N) is 3. The van der Waals surface area contributed by atoms with Gasteiger partial charge in [-0.15, -0.1) is 0 Å². The average molecular weight is 354 g/mol. The summed E-state index contributed by atoms with van der Waals surface area (Å²) in [4.78, 5) is 15.2. The Balaban J connectivity index is 1.33. The predicted octanol–water partition coefficient (Wildman–Crippen LogP) is -0.363. The Labute approximate surface area is 156 Å². The molecular formula is C22H31N3O+2. The van der Waals surface area contributed by atoms with Gasteiger partial charge in [0, 0.05) is 12.1 Å². The minimum Gasteiger partial charge on any atom is -0.351 e. The number of quaternary nitrogens is 2. The Hall–Kier alpha value is -2.17. The van der Waals surface area contributed by atoms with Gasteiger partial charge in [-0.3, -0.25) is 4.79 Å². The summed E-state index contributed by atoms with van der Waals surface area (Å²) in [6.07, 6.45) is 0.899. The van der Waals surface area contributed by atoms with Gasteiger partial charge in [-0.25, -0.2) is 0 Å². The molecule has 3 N–H and O–H groups in total. The number of piperazine rings is 1. The molecule has 0 atom stereocenters. The Morgan fingerprint density at radius 1 is 0.923 bits per heavy atom. The zero-order valence-electron chi connectivity index (χ0n) is 15.8. The second kappa shape index (κ2) is 9.51. The first-order chi connectivity index (χ1) is 12.7. The Kier molecular flexibility index (Phi) is 6.81. The lowest BCUT2D eigenvalue weighted by molar-refractivity contribution is -1.02. The van der Waals surface area contributed by atoms with Crippen molar-refractivity contribution >= 4 is 5.91 Å². The van der Waals surface area contributed by atoms with Gasteiger partial charge in [0.2, 0.25) is 0 Å². The van der Waals surface area contributed by atoms with E-state index in [4.69, 9.17) is 0 Å². The maximum absolute atomic E-state index is 12.2. The maximum atomic E-state index is 12.2. The highest BCUT2D eigenvalue weighted by Crippen LogP contribution is 2.02. The van der Waals surface area contributed by atoms with Crippen molar-refractivity contribution in [2.75, 3.05) is 39.3 Å². The second-order valence-corrected chi connectivity index (χ2v) is 7.43. The van der Waals surface area contributed by atoms with Crippen LogP contribution in [0.5, 0.6) is 0 Å². The quantitative estimate of drug-likeness (QED) is 0.625. The number of amides is 1. The van der Waals surface area contributed by atoms with E-state index in [1.54, 1.807) is 4.90 Å². The molecule has 138 valence electrons. The van der Waals surface area contributed by atoms with Crippen LogP contribution in [0.15, 0.2) is 54.6 Å². The van der Waals surface area contributed by atoms with Gasteiger partial charge >= 0.3 is 0 Å². The summed E-state index contributed by atoms with van der Waals surface area (Å²) in [5.41, 5.74) is 4.02. The minimum absolute atomic E-state index is 0.179. The Morgan fingerprint density at radius 2 is 1.62 bits per heavy atom. The van der Waals surface area contributed by atoms with Gasteiger partial charge in [-0.2, -0.15) is 0 Å². The molecule has 1 amide bonds. The van der Waals surface area contributed by atoms with Gasteiger partial charge in [-0.1, -0.05) is 60.2 Å². The number of hydrogen-bond acceptors (Lipinski definition) is 1. The van der Waals surface area contributed by atoms with Crippen LogP contribution in [0.4, 0.5) is 0 Å². The van der Waals surface area contributed by atoms with Crippen LogP contribution >= 0.6 is 0 Å². The lowest BCUT2D eigenvalue weighted by atomic mass is 10.1. The molecule has 1 aliphatic rings. The summed E-state index contributed by atoms with van der Waals surface area (Å²) in [6, 6.07) is 19.1. The molecule has 0 aliphatic carbocycles. The summed E-state index contributed by atoms with van der Waals surface area (Å²) in [7, 11) is 0. The van der Waals surface area contributed by atoms with Crippen LogP contribution in [0.2, 0.25) is 0 Å². The molecule has 1 aliphatic heterocycles. The summed E-state index contributed by atoms with van der Waals surface area (Å²) >= 11 is 0. The molecule has 4 nitrogen and oxygen atoms in total. The number of carbonyl (C=O) groups is 1. The fraction of sp³-hybridized carbons (Fsp3) is 0.409. The van der Waals surface area contributed by atoms with E-state index in [1.807, 2.05) is 18.2 Å². The van der Waals surface area contributed by atoms with Crippen molar-refractivity contribution < 1.29 is 14.6 Å². The van der Waals surface area contributed by atoms with Crippen LogP contribution in [0.1, 0.15) is 16.7 Å². The van der Waals surface area contributed by atoms with Crippen LogP contribution in [0, 0.1) is 6.92 Å². The van der Waals surface area contributed by atoms with Gasteiger partial charge in [0.25, 0.3) is 5.91 Å². The van der Waals surface area contributed by atoms with Crippen molar-refractivity contribution in [3.05, 3.63) is 71.3 Å². The van der Waals surface area contributed by atoms with Crippen LogP contribution < -0.4 is 15.1 Å². The molecule has 3 rings (SSSR count). The smallest absolute Gasteiger partial charge is 0.275 e. The summed E-state index contributed by atoms with van der Waals surface area (Å²) < 4.78 is 0. The standard InChI is InChI=1S/C22H29N3O/c1-19-6-5-9-21(16-19)17-24-12-14-25(15-13-24)18-22(26)23-11-10-20-7-3-2-4-8-20/h2-9,16H,10-15,17-18H2,1H3,(H,23,26)/p+2. The maximum Gasteiger partial charge on any atom is 0.275 e. The number of benzene rings is 2. The lowest BCUT2D eigenvalue weighted by Gasteiger charge is -2.29. The third kappa shape index (κ3) is 5.97. The van der Waals surface area contributed by atoms with Gasteiger partial charge < -0.3 is 15.1 Å². The van der Waals surface area contributed by atoms with Crippen molar-refractivity contribution in [1.29, 1.82) is 0 Å². The van der Waals surface area contributed by atoms with E-state index in [-0.39, 0.29) is 5.91 Å². The molecule has 0 aromatic heterocycles. The first-order valence-electron chi connectivity index (χ1n) is 9.72. The van der Waals surface area contributed by atoms with E-state index in [0.717, 1.165) is 45.7 Å². The molecule has 0 spiro atoms. The molecule has 2 aromatic rings. The molecule has 1 fully saturated rings. The molecule has 4 heteroatoms. The van der Waals surface area contributed by atoms with E-state index in [2.05, 4.69) is 48.6 Å². The van der Waals surface area contributed by atoms with Crippen LogP contribution in [-0.2, 0) is 17.8 Å². The topological polar surface area (TPSA) is 38.0 Å². The fourth-order valence-electron chi connectivity index (χ4n) is 3.70. The van der Waals surface area contributed by atoms with E-state index in [9.17, 15) is 4.79 Å². The zero-order valence-corrected chi connectivity index (χ0v) is 15.8. The summed E-state index contributed by atoms with van der Waals surface area (Å²) in [5.74, 6) is 0.179. The van der Waals surface area contributed by atoms with Crippen molar-refractivity contribution in [2.45, 2.75) is 19.9 Å². The SMILES string of the molecule is Cc1cccc(C[NH+]2CC[NH+](CC(=O)NCCc3ccccc3)CC2)c1. The third-order valence-corrected chi connectivity index (χ3v) is 5.19. The first kappa shape index (κ1) is 18.6. The van der Waals surface area contributed by atoms with Gasteiger partial charge in [0.05, 0.1) is 0 Å². The van der Waals surface area contributed by atoms with E-state index < -0.39 is 0 Å². The molecular weight excluding hydrogens is 322 g/mol. The monoisotopic (exact) mass is 353 g/mol. The highest BCUT2D eigenvalue weighted by molar-refractivity contribution is 5.76.